The van der Waals surface area contributed by atoms with Crippen molar-refractivity contribution in [3.8, 4) is 5.88 Å². The average Bonchev–Trinajstić information content (AvgIpc) is 2.50. The number of rotatable bonds is 4. The lowest BCUT2D eigenvalue weighted by atomic mass is 10.0. The summed E-state index contributed by atoms with van der Waals surface area (Å²) in [6.45, 7) is 2.60. The van der Waals surface area contributed by atoms with E-state index in [0.717, 1.165) is 17.2 Å². The van der Waals surface area contributed by atoms with E-state index in [1.165, 1.54) is 11.1 Å². The van der Waals surface area contributed by atoms with Crippen LogP contribution in [0.1, 0.15) is 24.1 Å². The number of anilines is 1. The molecule has 1 atom stereocenters. The summed E-state index contributed by atoms with van der Waals surface area (Å²) in [4.78, 5) is 4.30. The van der Waals surface area contributed by atoms with Gasteiger partial charge in [0.2, 0.25) is 5.88 Å². The third-order valence-electron chi connectivity index (χ3n) is 3.35. The first-order chi connectivity index (χ1) is 9.88. The minimum absolute atomic E-state index is 0.313. The van der Waals surface area contributed by atoms with Gasteiger partial charge in [0.05, 0.1) is 18.3 Å². The molecule has 1 aliphatic heterocycles. The topological polar surface area (TPSA) is 34.1 Å². The molecular weight excluding hydrogens is 268 g/mol. The SMILES string of the molecule is CCOc1ncccc1NC1CSCc2ccccc21. The second kappa shape index (κ2) is 6.18. The van der Waals surface area contributed by atoms with Crippen LogP contribution in [0, 0.1) is 0 Å². The van der Waals surface area contributed by atoms with E-state index in [0.29, 0.717) is 18.5 Å². The van der Waals surface area contributed by atoms with Gasteiger partial charge in [-0.05, 0) is 30.2 Å². The van der Waals surface area contributed by atoms with Gasteiger partial charge in [0.25, 0.3) is 0 Å². The third-order valence-corrected chi connectivity index (χ3v) is 4.44. The maximum atomic E-state index is 5.59. The summed E-state index contributed by atoms with van der Waals surface area (Å²) in [7, 11) is 0. The summed E-state index contributed by atoms with van der Waals surface area (Å²) in [5.41, 5.74) is 3.78. The molecular formula is C16H18N2OS. The van der Waals surface area contributed by atoms with E-state index < -0.39 is 0 Å². The average molecular weight is 286 g/mol. The molecule has 0 fully saturated rings. The number of pyridine rings is 1. The summed E-state index contributed by atoms with van der Waals surface area (Å²) in [5.74, 6) is 2.85. The standard InChI is InChI=1S/C16H18N2OS/c1-2-19-16-14(8-5-9-17-16)18-15-11-20-10-12-6-3-4-7-13(12)15/h3-9,15,18H,2,10-11H2,1H3. The highest BCUT2D eigenvalue weighted by Crippen LogP contribution is 2.35. The van der Waals surface area contributed by atoms with E-state index >= 15 is 0 Å². The molecule has 3 rings (SSSR count). The largest absolute Gasteiger partial charge is 0.476 e. The highest BCUT2D eigenvalue weighted by Gasteiger charge is 2.21. The first-order valence-corrected chi connectivity index (χ1v) is 8.04. The molecule has 1 N–H and O–H groups in total. The van der Waals surface area contributed by atoms with E-state index in [2.05, 4.69) is 34.6 Å². The summed E-state index contributed by atoms with van der Waals surface area (Å²) in [5, 5.41) is 3.58. The molecule has 0 radical (unpaired) electrons. The number of aromatic nitrogens is 1. The van der Waals surface area contributed by atoms with E-state index in [9.17, 15) is 0 Å². The van der Waals surface area contributed by atoms with Crippen LogP contribution in [0.15, 0.2) is 42.6 Å². The monoisotopic (exact) mass is 286 g/mol. The van der Waals surface area contributed by atoms with Gasteiger partial charge in [-0.2, -0.15) is 11.8 Å². The molecule has 4 heteroatoms. The van der Waals surface area contributed by atoms with Gasteiger partial charge in [-0.15, -0.1) is 0 Å². The van der Waals surface area contributed by atoms with Crippen LogP contribution in [-0.4, -0.2) is 17.3 Å². The number of fused-ring (bicyclic) bond motifs is 1. The fourth-order valence-corrected chi connectivity index (χ4v) is 3.54. The van der Waals surface area contributed by atoms with Gasteiger partial charge in [0, 0.05) is 17.7 Å². The molecule has 2 aromatic rings. The van der Waals surface area contributed by atoms with Crippen molar-refractivity contribution in [2.24, 2.45) is 0 Å². The van der Waals surface area contributed by atoms with E-state index in [1.807, 2.05) is 30.8 Å². The molecule has 1 aliphatic rings. The van der Waals surface area contributed by atoms with E-state index in [-0.39, 0.29) is 0 Å². The highest BCUT2D eigenvalue weighted by molar-refractivity contribution is 7.98. The van der Waals surface area contributed by atoms with Crippen molar-refractivity contribution in [3.63, 3.8) is 0 Å². The lowest BCUT2D eigenvalue weighted by Gasteiger charge is -2.27. The zero-order valence-electron chi connectivity index (χ0n) is 11.5. The Kier molecular flexibility index (Phi) is 4.11. The molecule has 1 unspecified atom stereocenters. The predicted molar refractivity (Wildman–Crippen MR) is 84.4 cm³/mol. The summed E-state index contributed by atoms with van der Waals surface area (Å²) in [6.07, 6.45) is 1.76. The second-order valence-electron chi connectivity index (χ2n) is 4.70. The molecule has 20 heavy (non-hydrogen) atoms. The van der Waals surface area contributed by atoms with Crippen LogP contribution in [0.5, 0.6) is 5.88 Å². The highest BCUT2D eigenvalue weighted by atomic mass is 32.2. The van der Waals surface area contributed by atoms with Crippen molar-refractivity contribution in [1.29, 1.82) is 0 Å². The Morgan fingerprint density at radius 2 is 2.20 bits per heavy atom. The van der Waals surface area contributed by atoms with Gasteiger partial charge >= 0.3 is 0 Å². The van der Waals surface area contributed by atoms with E-state index in [1.54, 1.807) is 6.20 Å². The number of hydrogen-bond donors (Lipinski definition) is 1. The van der Waals surface area contributed by atoms with Crippen molar-refractivity contribution < 1.29 is 4.74 Å². The minimum Gasteiger partial charge on any atom is -0.476 e. The van der Waals surface area contributed by atoms with Crippen LogP contribution < -0.4 is 10.1 Å². The first-order valence-electron chi connectivity index (χ1n) is 6.88. The van der Waals surface area contributed by atoms with Gasteiger partial charge in [-0.3, -0.25) is 0 Å². The molecule has 0 aliphatic carbocycles. The molecule has 0 spiro atoms. The molecule has 1 aromatic carbocycles. The smallest absolute Gasteiger partial charge is 0.237 e. The number of nitrogens with one attached hydrogen (secondary N) is 1. The van der Waals surface area contributed by atoms with Crippen LogP contribution in [0.4, 0.5) is 5.69 Å². The molecule has 1 aromatic heterocycles. The molecule has 0 amide bonds. The Hall–Kier alpha value is -1.68. The van der Waals surface area contributed by atoms with Crippen molar-refractivity contribution >= 4 is 17.4 Å². The fraction of sp³-hybridized carbons (Fsp3) is 0.312. The maximum absolute atomic E-state index is 5.59. The van der Waals surface area contributed by atoms with Crippen molar-refractivity contribution in [3.05, 3.63) is 53.7 Å². The van der Waals surface area contributed by atoms with Crippen molar-refractivity contribution in [2.45, 2.75) is 18.7 Å². The second-order valence-corrected chi connectivity index (χ2v) is 5.73. The van der Waals surface area contributed by atoms with E-state index in [4.69, 9.17) is 4.74 Å². The molecule has 3 nitrogen and oxygen atoms in total. The van der Waals surface area contributed by atoms with Crippen LogP contribution in [0.25, 0.3) is 0 Å². The Labute approximate surface area is 123 Å². The summed E-state index contributed by atoms with van der Waals surface area (Å²) in [6, 6.07) is 12.9. The predicted octanol–water partition coefficient (Wildman–Crippen LogP) is 3.88. The number of nitrogens with zero attached hydrogens (tertiary/aromatic N) is 1. The molecule has 2 heterocycles. The molecule has 0 bridgehead atoms. The normalized spacial score (nSPS) is 17.4. The molecule has 0 saturated heterocycles. The zero-order chi connectivity index (χ0) is 13.8. The van der Waals surface area contributed by atoms with Gasteiger partial charge < -0.3 is 10.1 Å². The van der Waals surface area contributed by atoms with Gasteiger partial charge in [0.1, 0.15) is 0 Å². The van der Waals surface area contributed by atoms with Gasteiger partial charge in [0.15, 0.2) is 0 Å². The number of ether oxygens (including phenoxy) is 1. The van der Waals surface area contributed by atoms with Crippen LogP contribution in [0.2, 0.25) is 0 Å². The number of benzene rings is 1. The van der Waals surface area contributed by atoms with Crippen LogP contribution in [-0.2, 0) is 5.75 Å². The third kappa shape index (κ3) is 2.75. The van der Waals surface area contributed by atoms with Gasteiger partial charge in [-0.1, -0.05) is 24.3 Å². The first kappa shape index (κ1) is 13.3. The van der Waals surface area contributed by atoms with Crippen LogP contribution in [0.3, 0.4) is 0 Å². The fourth-order valence-electron chi connectivity index (χ4n) is 2.44. The van der Waals surface area contributed by atoms with Crippen molar-refractivity contribution in [1.82, 2.24) is 4.98 Å². The lowest BCUT2D eigenvalue weighted by Crippen LogP contribution is -2.19. The molecule has 104 valence electrons. The quantitative estimate of drug-likeness (QED) is 0.925. The van der Waals surface area contributed by atoms with Gasteiger partial charge in [-0.25, -0.2) is 4.98 Å². The lowest BCUT2D eigenvalue weighted by molar-refractivity contribution is 0.328. The minimum atomic E-state index is 0.313. The summed E-state index contributed by atoms with van der Waals surface area (Å²) < 4.78 is 5.59. The summed E-state index contributed by atoms with van der Waals surface area (Å²) >= 11 is 1.96. The van der Waals surface area contributed by atoms with Crippen molar-refractivity contribution in [2.75, 3.05) is 17.7 Å². The zero-order valence-corrected chi connectivity index (χ0v) is 12.3. The Morgan fingerprint density at radius 1 is 1.30 bits per heavy atom. The maximum Gasteiger partial charge on any atom is 0.237 e. The molecule has 0 saturated carbocycles. The number of hydrogen-bond acceptors (Lipinski definition) is 4. The Bertz CT molecular complexity index is 588. The van der Waals surface area contributed by atoms with Crippen LogP contribution >= 0.6 is 11.8 Å². The Morgan fingerprint density at radius 3 is 3.10 bits per heavy atom. The number of thioether (sulfide) groups is 1. The Balaban J connectivity index is 1.86.